The van der Waals surface area contributed by atoms with Gasteiger partial charge in [-0.05, 0) is 43.0 Å². The van der Waals surface area contributed by atoms with E-state index in [1.165, 1.54) is 7.11 Å². The summed E-state index contributed by atoms with van der Waals surface area (Å²) < 4.78 is 15.6. The molecular formula is C14H17NO4. The van der Waals surface area contributed by atoms with Crippen LogP contribution in [-0.2, 0) is 9.53 Å². The smallest absolute Gasteiger partial charge is 0.313 e. The molecule has 1 aliphatic carbocycles. The quantitative estimate of drug-likeness (QED) is 0.840. The molecule has 1 heterocycles. The molecule has 5 nitrogen and oxygen atoms in total. The summed E-state index contributed by atoms with van der Waals surface area (Å²) in [5, 5.41) is 0. The number of hydrogen-bond donors (Lipinski definition) is 1. The molecule has 2 aliphatic rings. The van der Waals surface area contributed by atoms with Crippen LogP contribution in [0.4, 0.5) is 0 Å². The van der Waals surface area contributed by atoms with E-state index in [0.717, 1.165) is 29.7 Å². The van der Waals surface area contributed by atoms with Crippen LogP contribution in [0.15, 0.2) is 12.1 Å². The standard InChI is InChI=1S/C14H17NO4/c1-8-5-10-11(19-7-18-10)6-9(8)12(15)14(3-4-14)13(16)17-2/h5-6,12H,3-4,7,15H2,1-2H3. The van der Waals surface area contributed by atoms with Crippen LogP contribution in [0.2, 0.25) is 0 Å². The van der Waals surface area contributed by atoms with Gasteiger partial charge in [-0.25, -0.2) is 0 Å². The minimum Gasteiger partial charge on any atom is -0.469 e. The third-order valence-electron chi connectivity index (χ3n) is 4.07. The van der Waals surface area contributed by atoms with Crippen LogP contribution < -0.4 is 15.2 Å². The molecular weight excluding hydrogens is 246 g/mol. The van der Waals surface area contributed by atoms with E-state index < -0.39 is 5.41 Å². The van der Waals surface area contributed by atoms with Crippen LogP contribution in [0, 0.1) is 12.3 Å². The third-order valence-corrected chi connectivity index (χ3v) is 4.07. The van der Waals surface area contributed by atoms with Gasteiger partial charge in [0.25, 0.3) is 0 Å². The molecule has 19 heavy (non-hydrogen) atoms. The summed E-state index contributed by atoms with van der Waals surface area (Å²) in [4.78, 5) is 11.9. The van der Waals surface area contributed by atoms with Crippen LogP contribution in [0.25, 0.3) is 0 Å². The van der Waals surface area contributed by atoms with E-state index in [-0.39, 0.29) is 18.8 Å². The number of esters is 1. The third kappa shape index (κ3) is 1.76. The van der Waals surface area contributed by atoms with E-state index in [1.54, 1.807) is 0 Å². The van der Waals surface area contributed by atoms with Crippen molar-refractivity contribution in [3.63, 3.8) is 0 Å². The molecule has 1 aromatic carbocycles. The highest BCUT2D eigenvalue weighted by molar-refractivity contribution is 5.81. The first kappa shape index (κ1) is 12.3. The lowest BCUT2D eigenvalue weighted by Gasteiger charge is -2.23. The van der Waals surface area contributed by atoms with Gasteiger partial charge in [-0.3, -0.25) is 4.79 Å². The van der Waals surface area contributed by atoms with Crippen LogP contribution in [0.3, 0.4) is 0 Å². The van der Waals surface area contributed by atoms with Gasteiger partial charge in [0.15, 0.2) is 11.5 Å². The molecule has 2 N–H and O–H groups in total. The minimum absolute atomic E-state index is 0.225. The van der Waals surface area contributed by atoms with E-state index in [4.69, 9.17) is 19.9 Å². The summed E-state index contributed by atoms with van der Waals surface area (Å²) in [5.74, 6) is 1.20. The van der Waals surface area contributed by atoms with Gasteiger partial charge in [0.1, 0.15) is 0 Å². The van der Waals surface area contributed by atoms with Crippen LogP contribution in [0.1, 0.15) is 30.0 Å². The minimum atomic E-state index is -0.562. The molecule has 1 atom stereocenters. The Morgan fingerprint density at radius 2 is 2.00 bits per heavy atom. The Hall–Kier alpha value is -1.75. The summed E-state index contributed by atoms with van der Waals surface area (Å²) >= 11 is 0. The first-order chi connectivity index (χ1) is 9.08. The monoisotopic (exact) mass is 263 g/mol. The average molecular weight is 263 g/mol. The molecule has 0 bridgehead atoms. The molecule has 0 radical (unpaired) electrons. The second-order valence-electron chi connectivity index (χ2n) is 5.19. The van der Waals surface area contributed by atoms with Gasteiger partial charge in [-0.2, -0.15) is 0 Å². The van der Waals surface area contributed by atoms with Crippen molar-refractivity contribution in [1.82, 2.24) is 0 Å². The Morgan fingerprint density at radius 3 is 2.58 bits per heavy atom. The van der Waals surface area contributed by atoms with Gasteiger partial charge in [0, 0.05) is 6.04 Å². The average Bonchev–Trinajstić information content (AvgIpc) is 3.10. The molecule has 1 aliphatic heterocycles. The van der Waals surface area contributed by atoms with Gasteiger partial charge in [-0.15, -0.1) is 0 Å². The number of fused-ring (bicyclic) bond motifs is 1. The fraction of sp³-hybridized carbons (Fsp3) is 0.500. The van der Waals surface area contributed by atoms with E-state index in [9.17, 15) is 4.79 Å². The predicted molar refractivity (Wildman–Crippen MR) is 67.9 cm³/mol. The second kappa shape index (κ2) is 4.13. The fourth-order valence-electron chi connectivity index (χ4n) is 2.67. The molecule has 0 aromatic heterocycles. The maximum absolute atomic E-state index is 11.9. The molecule has 5 heteroatoms. The summed E-state index contributed by atoms with van der Waals surface area (Å²) in [5.41, 5.74) is 7.68. The highest BCUT2D eigenvalue weighted by atomic mass is 16.7. The summed E-state index contributed by atoms with van der Waals surface area (Å²) in [7, 11) is 1.40. The number of rotatable bonds is 3. The Labute approximate surface area is 111 Å². The molecule has 3 rings (SSSR count). The van der Waals surface area contributed by atoms with Crippen molar-refractivity contribution in [2.75, 3.05) is 13.9 Å². The molecule has 0 saturated heterocycles. The SMILES string of the molecule is COC(=O)C1(C(N)c2cc3c(cc2C)OCO3)CC1. The van der Waals surface area contributed by atoms with E-state index >= 15 is 0 Å². The number of carbonyl (C=O) groups is 1. The molecule has 0 amide bonds. The highest BCUT2D eigenvalue weighted by Gasteiger charge is 2.56. The zero-order chi connectivity index (χ0) is 13.6. The zero-order valence-electron chi connectivity index (χ0n) is 11.1. The fourth-order valence-corrected chi connectivity index (χ4v) is 2.67. The highest BCUT2D eigenvalue weighted by Crippen LogP contribution is 2.55. The number of nitrogens with two attached hydrogens (primary N) is 1. The van der Waals surface area contributed by atoms with E-state index in [1.807, 2.05) is 19.1 Å². The second-order valence-corrected chi connectivity index (χ2v) is 5.19. The van der Waals surface area contributed by atoms with Crippen molar-refractivity contribution in [1.29, 1.82) is 0 Å². The van der Waals surface area contributed by atoms with E-state index in [0.29, 0.717) is 5.75 Å². The first-order valence-corrected chi connectivity index (χ1v) is 6.32. The molecule has 0 spiro atoms. The van der Waals surface area contributed by atoms with Crippen molar-refractivity contribution >= 4 is 5.97 Å². The van der Waals surface area contributed by atoms with Gasteiger partial charge >= 0.3 is 5.97 Å². The Balaban J connectivity index is 1.96. The Morgan fingerprint density at radius 1 is 1.37 bits per heavy atom. The van der Waals surface area contributed by atoms with Gasteiger partial charge in [-0.1, -0.05) is 0 Å². The number of carbonyl (C=O) groups excluding carboxylic acids is 1. The largest absolute Gasteiger partial charge is 0.469 e. The molecule has 1 aromatic rings. The summed E-state index contributed by atoms with van der Waals surface area (Å²) in [6, 6.07) is 3.42. The summed E-state index contributed by atoms with van der Waals surface area (Å²) in [6.07, 6.45) is 1.55. The van der Waals surface area contributed by atoms with E-state index in [2.05, 4.69) is 0 Å². The lowest BCUT2D eigenvalue weighted by molar-refractivity contribution is -0.148. The Bertz CT molecular complexity index is 536. The Kier molecular flexibility index (Phi) is 2.67. The van der Waals surface area contributed by atoms with Gasteiger partial charge < -0.3 is 19.9 Å². The molecule has 1 unspecified atom stereocenters. The number of benzene rings is 1. The van der Waals surface area contributed by atoms with Crippen molar-refractivity contribution in [3.8, 4) is 11.5 Å². The molecule has 102 valence electrons. The van der Waals surface area contributed by atoms with Crippen molar-refractivity contribution < 1.29 is 19.0 Å². The number of hydrogen-bond acceptors (Lipinski definition) is 5. The number of ether oxygens (including phenoxy) is 3. The maximum Gasteiger partial charge on any atom is 0.313 e. The lowest BCUT2D eigenvalue weighted by Crippen LogP contribution is -2.31. The topological polar surface area (TPSA) is 70.8 Å². The van der Waals surface area contributed by atoms with Crippen LogP contribution >= 0.6 is 0 Å². The zero-order valence-corrected chi connectivity index (χ0v) is 11.1. The normalized spacial score (nSPS) is 19.9. The van der Waals surface area contributed by atoms with Gasteiger partial charge in [0.05, 0.1) is 12.5 Å². The van der Waals surface area contributed by atoms with Crippen molar-refractivity contribution in [2.45, 2.75) is 25.8 Å². The number of aryl methyl sites for hydroxylation is 1. The molecule has 1 saturated carbocycles. The van der Waals surface area contributed by atoms with Crippen molar-refractivity contribution in [2.24, 2.45) is 11.1 Å². The number of methoxy groups -OCH3 is 1. The maximum atomic E-state index is 11.9. The van der Waals surface area contributed by atoms with Gasteiger partial charge in [0.2, 0.25) is 6.79 Å². The van der Waals surface area contributed by atoms with Crippen LogP contribution in [0.5, 0.6) is 11.5 Å². The predicted octanol–water partition coefficient (Wildman–Crippen LogP) is 1.68. The lowest BCUT2D eigenvalue weighted by atomic mass is 9.88. The summed E-state index contributed by atoms with van der Waals surface area (Å²) in [6.45, 7) is 2.19. The van der Waals surface area contributed by atoms with Crippen molar-refractivity contribution in [3.05, 3.63) is 23.3 Å². The first-order valence-electron chi connectivity index (χ1n) is 6.32. The molecule has 1 fully saturated rings. The van der Waals surface area contributed by atoms with Crippen LogP contribution in [-0.4, -0.2) is 19.9 Å².